The van der Waals surface area contributed by atoms with Gasteiger partial charge in [-0.15, -0.1) is 0 Å². The predicted octanol–water partition coefficient (Wildman–Crippen LogP) is 5.18. The molecule has 154 valence electrons. The maximum absolute atomic E-state index is 13.8. The molecule has 0 saturated carbocycles. The number of halogens is 2. The minimum atomic E-state index is -0.386. The first-order chi connectivity index (χ1) is 15.0. The summed E-state index contributed by atoms with van der Waals surface area (Å²) in [6.07, 6.45) is 3.65. The number of aryl methyl sites for hydroxylation is 1. The van der Waals surface area contributed by atoms with E-state index in [0.29, 0.717) is 27.8 Å². The molecule has 5 aromatic rings. The minimum Gasteiger partial charge on any atom is -0.332 e. The molecule has 3 heterocycles. The quantitative estimate of drug-likeness (QED) is 0.439. The van der Waals surface area contributed by atoms with Crippen LogP contribution < -0.4 is 5.32 Å². The van der Waals surface area contributed by atoms with Crippen LogP contribution in [0.5, 0.6) is 0 Å². The van der Waals surface area contributed by atoms with E-state index in [9.17, 15) is 13.6 Å². The third-order valence-corrected chi connectivity index (χ3v) is 5.16. The molecule has 0 saturated heterocycles. The molecule has 5 nitrogen and oxygen atoms in total. The van der Waals surface area contributed by atoms with Gasteiger partial charge in [-0.25, -0.2) is 13.8 Å². The van der Waals surface area contributed by atoms with E-state index in [1.807, 2.05) is 23.6 Å². The average molecular weight is 416 g/mol. The van der Waals surface area contributed by atoms with Crippen molar-refractivity contribution in [3.63, 3.8) is 0 Å². The molecule has 0 aliphatic heterocycles. The molecular weight excluding hydrogens is 398 g/mol. The first-order valence-corrected chi connectivity index (χ1v) is 9.76. The van der Waals surface area contributed by atoms with Crippen LogP contribution in [0.2, 0.25) is 0 Å². The first-order valence-electron chi connectivity index (χ1n) is 9.76. The molecule has 7 heteroatoms. The van der Waals surface area contributed by atoms with Crippen molar-refractivity contribution >= 4 is 28.1 Å². The highest BCUT2D eigenvalue weighted by molar-refractivity contribution is 6.06. The molecule has 1 amide bonds. The van der Waals surface area contributed by atoms with E-state index in [0.717, 1.165) is 11.3 Å². The van der Waals surface area contributed by atoms with Crippen LogP contribution >= 0.6 is 0 Å². The fraction of sp³-hybridized carbons (Fsp3) is 0.0833. The van der Waals surface area contributed by atoms with Gasteiger partial charge in [-0.2, -0.15) is 0 Å². The zero-order valence-electron chi connectivity index (χ0n) is 16.6. The highest BCUT2D eigenvalue weighted by Crippen LogP contribution is 2.24. The summed E-state index contributed by atoms with van der Waals surface area (Å²) in [4.78, 5) is 17.5. The molecule has 0 radical (unpaired) electrons. The van der Waals surface area contributed by atoms with Crippen molar-refractivity contribution in [1.29, 1.82) is 0 Å². The van der Waals surface area contributed by atoms with Crippen molar-refractivity contribution in [3.8, 4) is 0 Å². The average Bonchev–Trinajstić information content (AvgIpc) is 3.27. The van der Waals surface area contributed by atoms with E-state index < -0.39 is 0 Å². The molecule has 31 heavy (non-hydrogen) atoms. The van der Waals surface area contributed by atoms with E-state index in [2.05, 4.69) is 10.3 Å². The Morgan fingerprint density at radius 2 is 1.84 bits per heavy atom. The highest BCUT2D eigenvalue weighted by Gasteiger charge is 2.17. The van der Waals surface area contributed by atoms with Crippen molar-refractivity contribution < 1.29 is 13.6 Å². The monoisotopic (exact) mass is 416 g/mol. The van der Waals surface area contributed by atoms with E-state index in [1.165, 1.54) is 24.3 Å². The molecule has 5 rings (SSSR count). The Balaban J connectivity index is 1.54. The molecule has 0 atom stereocenters. The normalized spacial score (nSPS) is 11.3. The lowest BCUT2D eigenvalue weighted by Crippen LogP contribution is -2.17. The zero-order chi connectivity index (χ0) is 21.5. The Morgan fingerprint density at radius 1 is 1.00 bits per heavy atom. The predicted molar refractivity (Wildman–Crippen MR) is 115 cm³/mol. The van der Waals surface area contributed by atoms with Crippen LogP contribution in [-0.2, 0) is 6.54 Å². The van der Waals surface area contributed by atoms with Gasteiger partial charge in [0, 0.05) is 29.8 Å². The van der Waals surface area contributed by atoms with Crippen molar-refractivity contribution in [2.24, 2.45) is 0 Å². The summed E-state index contributed by atoms with van der Waals surface area (Å²) in [7, 11) is 0. The van der Waals surface area contributed by atoms with Crippen LogP contribution in [0.25, 0.3) is 16.6 Å². The van der Waals surface area contributed by atoms with Gasteiger partial charge in [0.1, 0.15) is 23.0 Å². The van der Waals surface area contributed by atoms with Crippen LogP contribution in [0.15, 0.2) is 73.1 Å². The van der Waals surface area contributed by atoms with Gasteiger partial charge in [0.05, 0.1) is 11.4 Å². The lowest BCUT2D eigenvalue weighted by molar-refractivity contribution is 0.101. The molecule has 0 bridgehead atoms. The summed E-state index contributed by atoms with van der Waals surface area (Å²) in [5.74, 6) is -1.08. The lowest BCUT2D eigenvalue weighted by atomic mass is 10.2. The van der Waals surface area contributed by atoms with Gasteiger partial charge in [-0.3, -0.25) is 4.79 Å². The van der Waals surface area contributed by atoms with Crippen LogP contribution in [0, 0.1) is 18.6 Å². The molecule has 3 aromatic heterocycles. The molecule has 0 spiro atoms. The SMILES string of the molecule is Cc1cn2cc(NC(=O)c3cc4cc(F)ccc4n3Cc3cccc(F)c3)ccc2n1. The van der Waals surface area contributed by atoms with Crippen LogP contribution in [0.1, 0.15) is 21.7 Å². The smallest absolute Gasteiger partial charge is 0.272 e. The third kappa shape index (κ3) is 3.66. The number of pyridine rings is 1. The van der Waals surface area contributed by atoms with Gasteiger partial charge >= 0.3 is 0 Å². The van der Waals surface area contributed by atoms with Crippen molar-refractivity contribution in [1.82, 2.24) is 14.0 Å². The number of rotatable bonds is 4. The maximum Gasteiger partial charge on any atom is 0.272 e. The largest absolute Gasteiger partial charge is 0.332 e. The summed E-state index contributed by atoms with van der Waals surface area (Å²) in [5, 5.41) is 3.50. The second-order valence-corrected chi connectivity index (χ2v) is 7.47. The van der Waals surface area contributed by atoms with Crippen LogP contribution in [0.4, 0.5) is 14.5 Å². The van der Waals surface area contributed by atoms with Crippen LogP contribution in [-0.4, -0.2) is 19.9 Å². The number of imidazole rings is 1. The summed E-state index contributed by atoms with van der Waals surface area (Å²) in [6, 6.07) is 15.8. The maximum atomic E-state index is 13.8. The number of nitrogens with zero attached hydrogens (tertiary/aromatic N) is 3. The topological polar surface area (TPSA) is 51.3 Å². The number of carbonyl (C=O) groups excluding carboxylic acids is 1. The number of hydrogen-bond acceptors (Lipinski definition) is 2. The standard InChI is InChI=1S/C24H18F2N4O/c1-15-12-29-14-20(6-8-23(29)27-15)28-24(31)22-11-17-10-19(26)5-7-21(17)30(22)13-16-3-2-4-18(25)9-16/h2-12,14H,13H2,1H3,(H,28,31). The number of amides is 1. The number of nitrogens with one attached hydrogen (secondary N) is 1. The molecule has 0 aliphatic carbocycles. The van der Waals surface area contributed by atoms with Crippen molar-refractivity contribution in [2.45, 2.75) is 13.5 Å². The number of hydrogen-bond donors (Lipinski definition) is 1. The summed E-state index contributed by atoms with van der Waals surface area (Å²) in [5.41, 5.74) is 4.00. The fourth-order valence-corrected chi connectivity index (χ4v) is 3.81. The molecule has 0 aliphatic rings. The number of carbonyl (C=O) groups is 1. The van der Waals surface area contributed by atoms with E-state index in [4.69, 9.17) is 0 Å². The molecule has 1 N–H and O–H groups in total. The van der Waals surface area contributed by atoms with Crippen molar-refractivity contribution in [2.75, 3.05) is 5.32 Å². The summed E-state index contributed by atoms with van der Waals surface area (Å²) < 4.78 is 31.1. The Hall–Kier alpha value is -4.00. The van der Waals surface area contributed by atoms with Crippen LogP contribution in [0.3, 0.4) is 0 Å². The van der Waals surface area contributed by atoms with E-state index in [-0.39, 0.29) is 24.1 Å². The lowest BCUT2D eigenvalue weighted by Gasteiger charge is -2.12. The minimum absolute atomic E-state index is 0.273. The first kappa shape index (κ1) is 19.0. The van der Waals surface area contributed by atoms with E-state index in [1.54, 1.807) is 41.1 Å². The number of anilines is 1. The molecule has 0 fully saturated rings. The fourth-order valence-electron chi connectivity index (χ4n) is 3.81. The van der Waals surface area contributed by atoms with Gasteiger partial charge in [0.2, 0.25) is 0 Å². The number of benzene rings is 2. The zero-order valence-corrected chi connectivity index (χ0v) is 16.6. The second kappa shape index (κ2) is 7.36. The molecular formula is C24H18F2N4O. The highest BCUT2D eigenvalue weighted by atomic mass is 19.1. The van der Waals surface area contributed by atoms with Crippen molar-refractivity contribution in [3.05, 3.63) is 102 Å². The van der Waals surface area contributed by atoms with Gasteiger partial charge in [-0.05, 0) is 61.0 Å². The summed E-state index contributed by atoms with van der Waals surface area (Å²) in [6.45, 7) is 2.17. The van der Waals surface area contributed by atoms with Gasteiger partial charge in [0.15, 0.2) is 0 Å². The third-order valence-electron chi connectivity index (χ3n) is 5.16. The Labute approximate surface area is 176 Å². The number of fused-ring (bicyclic) bond motifs is 2. The summed E-state index contributed by atoms with van der Waals surface area (Å²) >= 11 is 0. The van der Waals surface area contributed by atoms with Gasteiger partial charge in [-0.1, -0.05) is 12.1 Å². The van der Waals surface area contributed by atoms with Gasteiger partial charge in [0.25, 0.3) is 5.91 Å². The second-order valence-electron chi connectivity index (χ2n) is 7.47. The Morgan fingerprint density at radius 3 is 2.68 bits per heavy atom. The number of aromatic nitrogens is 3. The van der Waals surface area contributed by atoms with Gasteiger partial charge < -0.3 is 14.3 Å². The Bertz CT molecular complexity index is 1450. The molecule has 0 unspecified atom stereocenters. The molecule has 2 aromatic carbocycles. The Kier molecular flexibility index (Phi) is 4.51. The van der Waals surface area contributed by atoms with E-state index >= 15 is 0 Å².